The van der Waals surface area contributed by atoms with Crippen molar-refractivity contribution in [1.82, 2.24) is 15.0 Å². The molecule has 23 heavy (non-hydrogen) atoms. The van der Waals surface area contributed by atoms with Crippen molar-refractivity contribution >= 4 is 11.0 Å². The molecule has 0 bridgehead atoms. The van der Waals surface area contributed by atoms with E-state index in [4.69, 9.17) is 14.9 Å². The molecule has 1 aromatic carbocycles. The van der Waals surface area contributed by atoms with Gasteiger partial charge < -0.3 is 19.9 Å². The van der Waals surface area contributed by atoms with Gasteiger partial charge in [-0.15, -0.1) is 0 Å². The maximum atomic E-state index is 6.45. The van der Waals surface area contributed by atoms with Gasteiger partial charge >= 0.3 is 0 Å². The zero-order valence-corrected chi connectivity index (χ0v) is 13.9. The maximum Gasteiger partial charge on any atom is 0.181 e. The average molecular weight is 314 g/mol. The smallest absolute Gasteiger partial charge is 0.181 e. The van der Waals surface area contributed by atoms with Crippen molar-refractivity contribution in [3.63, 3.8) is 0 Å². The lowest BCUT2D eigenvalue weighted by atomic mass is 9.91. The molecule has 1 unspecified atom stereocenters. The number of fused-ring (bicyclic) bond motifs is 1. The van der Waals surface area contributed by atoms with Crippen molar-refractivity contribution in [3.8, 4) is 17.1 Å². The first-order valence-electron chi connectivity index (χ1n) is 7.66. The van der Waals surface area contributed by atoms with E-state index in [2.05, 4.69) is 28.8 Å². The van der Waals surface area contributed by atoms with E-state index in [1.807, 2.05) is 19.1 Å². The van der Waals surface area contributed by atoms with Crippen LogP contribution in [0.4, 0.5) is 0 Å². The lowest BCUT2D eigenvalue weighted by Gasteiger charge is -2.24. The van der Waals surface area contributed by atoms with Gasteiger partial charge in [-0.2, -0.15) is 0 Å². The molecule has 0 aliphatic carbocycles. The minimum absolute atomic E-state index is 0.484. The Hall–Kier alpha value is -2.34. The molecule has 2 heterocycles. The third-order valence-electron chi connectivity index (χ3n) is 3.87. The Morgan fingerprint density at radius 2 is 2.17 bits per heavy atom. The lowest BCUT2D eigenvalue weighted by molar-refractivity contribution is 0.365. The van der Waals surface area contributed by atoms with Crippen LogP contribution in [0.5, 0.6) is 5.75 Å². The number of methoxy groups -OCH3 is 1. The number of aromatic nitrogens is 3. The highest BCUT2D eigenvalue weighted by Crippen LogP contribution is 2.34. The SMILES string of the molecule is COc1cc2nc(C(C)(N)CC(C)C)[nH]c2cc1-c1cnco1. The Balaban J connectivity index is 2.10. The number of rotatable bonds is 5. The number of hydrogen-bond donors (Lipinski definition) is 2. The molecule has 122 valence electrons. The topological polar surface area (TPSA) is 90.0 Å². The maximum absolute atomic E-state index is 6.45. The molecule has 6 heteroatoms. The van der Waals surface area contributed by atoms with Crippen LogP contribution in [0.1, 0.15) is 33.0 Å². The molecule has 0 saturated heterocycles. The van der Waals surface area contributed by atoms with E-state index >= 15 is 0 Å². The first-order valence-corrected chi connectivity index (χ1v) is 7.66. The van der Waals surface area contributed by atoms with Crippen molar-refractivity contribution in [2.75, 3.05) is 7.11 Å². The van der Waals surface area contributed by atoms with E-state index in [-0.39, 0.29) is 0 Å². The summed E-state index contributed by atoms with van der Waals surface area (Å²) in [7, 11) is 1.63. The van der Waals surface area contributed by atoms with Crippen molar-refractivity contribution in [1.29, 1.82) is 0 Å². The molecule has 0 spiro atoms. The summed E-state index contributed by atoms with van der Waals surface area (Å²) in [6.45, 7) is 6.30. The van der Waals surface area contributed by atoms with Crippen LogP contribution in [0.15, 0.2) is 29.1 Å². The normalized spacial score (nSPS) is 14.3. The fraction of sp³-hybridized carbons (Fsp3) is 0.412. The molecule has 0 aliphatic rings. The van der Waals surface area contributed by atoms with Crippen molar-refractivity contribution < 1.29 is 9.15 Å². The molecule has 0 aliphatic heterocycles. The Labute approximate surface area is 135 Å². The third kappa shape index (κ3) is 2.94. The quantitative estimate of drug-likeness (QED) is 0.753. The van der Waals surface area contributed by atoms with Gasteiger partial charge in [0.05, 0.1) is 35.4 Å². The van der Waals surface area contributed by atoms with E-state index in [1.54, 1.807) is 13.3 Å². The molecule has 6 nitrogen and oxygen atoms in total. The van der Waals surface area contributed by atoms with Gasteiger partial charge in [0.2, 0.25) is 0 Å². The van der Waals surface area contributed by atoms with E-state index < -0.39 is 5.54 Å². The summed E-state index contributed by atoms with van der Waals surface area (Å²) < 4.78 is 10.9. The molecule has 3 N–H and O–H groups in total. The average Bonchev–Trinajstić information content (AvgIpc) is 3.13. The zero-order chi connectivity index (χ0) is 16.6. The molecule has 0 saturated carbocycles. The Morgan fingerprint density at radius 3 is 2.78 bits per heavy atom. The summed E-state index contributed by atoms with van der Waals surface area (Å²) in [5, 5.41) is 0. The van der Waals surface area contributed by atoms with Crippen LogP contribution in [0.3, 0.4) is 0 Å². The second-order valence-corrected chi connectivity index (χ2v) is 6.54. The number of ether oxygens (including phenoxy) is 1. The Morgan fingerprint density at radius 1 is 1.39 bits per heavy atom. The highest BCUT2D eigenvalue weighted by Gasteiger charge is 2.26. The fourth-order valence-electron chi connectivity index (χ4n) is 2.96. The number of imidazole rings is 1. The zero-order valence-electron chi connectivity index (χ0n) is 13.9. The molecule has 3 aromatic rings. The highest BCUT2D eigenvalue weighted by molar-refractivity contribution is 5.85. The van der Waals surface area contributed by atoms with Gasteiger partial charge in [-0.05, 0) is 25.3 Å². The minimum atomic E-state index is -0.507. The summed E-state index contributed by atoms with van der Waals surface area (Å²) in [6, 6.07) is 3.84. The number of nitrogens with two attached hydrogens (primary N) is 1. The van der Waals surface area contributed by atoms with Crippen molar-refractivity contribution in [3.05, 3.63) is 30.5 Å². The van der Waals surface area contributed by atoms with Crippen LogP contribution in [-0.4, -0.2) is 22.1 Å². The number of aromatic amines is 1. The van der Waals surface area contributed by atoms with E-state index in [0.29, 0.717) is 17.4 Å². The van der Waals surface area contributed by atoms with Gasteiger partial charge in [0, 0.05) is 6.07 Å². The van der Waals surface area contributed by atoms with Gasteiger partial charge in [0.1, 0.15) is 11.6 Å². The Kier molecular flexibility index (Phi) is 3.85. The largest absolute Gasteiger partial charge is 0.496 e. The van der Waals surface area contributed by atoms with E-state index in [9.17, 15) is 0 Å². The molecule has 3 rings (SSSR count). The monoisotopic (exact) mass is 314 g/mol. The summed E-state index contributed by atoms with van der Waals surface area (Å²) >= 11 is 0. The summed E-state index contributed by atoms with van der Waals surface area (Å²) in [6.07, 6.45) is 3.91. The second-order valence-electron chi connectivity index (χ2n) is 6.54. The van der Waals surface area contributed by atoms with Crippen LogP contribution in [-0.2, 0) is 5.54 Å². The first-order chi connectivity index (χ1) is 10.9. The van der Waals surface area contributed by atoms with E-state index in [0.717, 1.165) is 28.8 Å². The summed E-state index contributed by atoms with van der Waals surface area (Å²) in [5.74, 6) is 2.60. The molecular weight excluding hydrogens is 292 g/mol. The van der Waals surface area contributed by atoms with Gasteiger partial charge in [-0.3, -0.25) is 0 Å². The standard InChI is InChI=1S/C17H22N4O2/c1-10(2)7-17(3,18)16-20-12-5-11(15-8-19-9-23-15)14(22-4)6-13(12)21-16/h5-6,8-10H,7,18H2,1-4H3,(H,20,21). The van der Waals surface area contributed by atoms with Crippen molar-refractivity contribution in [2.45, 2.75) is 32.7 Å². The number of benzene rings is 1. The van der Waals surface area contributed by atoms with Crippen LogP contribution in [0, 0.1) is 5.92 Å². The predicted octanol–water partition coefficient (Wildman–Crippen LogP) is 3.45. The first kappa shape index (κ1) is 15.6. The summed E-state index contributed by atoms with van der Waals surface area (Å²) in [4.78, 5) is 12.0. The number of nitrogens with one attached hydrogen (secondary N) is 1. The van der Waals surface area contributed by atoms with Crippen LogP contribution < -0.4 is 10.5 Å². The van der Waals surface area contributed by atoms with Crippen LogP contribution >= 0.6 is 0 Å². The predicted molar refractivity (Wildman–Crippen MR) is 89.1 cm³/mol. The van der Waals surface area contributed by atoms with Gasteiger partial charge in [0.15, 0.2) is 12.2 Å². The van der Waals surface area contributed by atoms with Crippen LogP contribution in [0.25, 0.3) is 22.4 Å². The summed E-state index contributed by atoms with van der Waals surface area (Å²) in [5.41, 5.74) is 8.49. The Bertz CT molecular complexity index is 803. The molecule has 1 atom stereocenters. The molecule has 0 radical (unpaired) electrons. The number of nitrogens with zero attached hydrogens (tertiary/aromatic N) is 2. The van der Waals surface area contributed by atoms with Gasteiger partial charge in [-0.25, -0.2) is 9.97 Å². The third-order valence-corrected chi connectivity index (χ3v) is 3.87. The minimum Gasteiger partial charge on any atom is -0.496 e. The fourth-order valence-corrected chi connectivity index (χ4v) is 2.96. The molecule has 2 aromatic heterocycles. The van der Waals surface area contributed by atoms with Gasteiger partial charge in [-0.1, -0.05) is 13.8 Å². The van der Waals surface area contributed by atoms with E-state index in [1.165, 1.54) is 6.39 Å². The number of H-pyrrole nitrogens is 1. The second kappa shape index (κ2) is 5.70. The highest BCUT2D eigenvalue weighted by atomic mass is 16.5. The molecule has 0 fully saturated rings. The van der Waals surface area contributed by atoms with Crippen LogP contribution in [0.2, 0.25) is 0 Å². The number of oxazole rings is 1. The van der Waals surface area contributed by atoms with Gasteiger partial charge in [0.25, 0.3) is 0 Å². The molecular formula is C17H22N4O2. The lowest BCUT2D eigenvalue weighted by Crippen LogP contribution is -2.35. The molecule has 0 amide bonds. The number of hydrogen-bond acceptors (Lipinski definition) is 5. The van der Waals surface area contributed by atoms with Crippen molar-refractivity contribution in [2.24, 2.45) is 11.7 Å².